The van der Waals surface area contributed by atoms with Crippen molar-refractivity contribution >= 4 is 30.7 Å². The number of piperidine rings is 2. The lowest BCUT2D eigenvalue weighted by molar-refractivity contribution is 0.0683. The summed E-state index contributed by atoms with van der Waals surface area (Å²) in [6, 6.07) is 0.706. The van der Waals surface area contributed by atoms with Crippen molar-refractivity contribution < 1.29 is 4.79 Å². The number of amides is 1. The van der Waals surface area contributed by atoms with Crippen LogP contribution < -0.4 is 5.32 Å². The molecule has 4 rings (SSSR count). The third kappa shape index (κ3) is 4.99. The molecule has 3 saturated heterocycles. The van der Waals surface area contributed by atoms with E-state index >= 15 is 0 Å². The van der Waals surface area contributed by atoms with E-state index in [2.05, 4.69) is 25.4 Å². The van der Waals surface area contributed by atoms with Crippen LogP contribution in [0, 0.1) is 6.92 Å². The minimum absolute atomic E-state index is 0. The predicted octanol–water partition coefficient (Wildman–Crippen LogP) is 2.45. The molecule has 0 radical (unpaired) electrons. The highest BCUT2D eigenvalue weighted by Gasteiger charge is 2.34. The van der Waals surface area contributed by atoms with Crippen LogP contribution in [0.25, 0.3) is 0 Å². The van der Waals surface area contributed by atoms with E-state index in [1.165, 1.54) is 32.4 Å². The van der Waals surface area contributed by atoms with Crippen LogP contribution in [0.1, 0.15) is 67.2 Å². The van der Waals surface area contributed by atoms with Gasteiger partial charge in [0.2, 0.25) is 0 Å². The standard InChI is InChI=1S/C19H32N6O.2ClH/c1-15-18(21-22-25(15)16-7-9-20-10-8-16)19(26)24-13-5-6-17(24)14-23-11-3-2-4-12-23;;/h16-17,20H,2-14H2,1H3;2*1H. The number of halogens is 2. The summed E-state index contributed by atoms with van der Waals surface area (Å²) in [5, 5.41) is 12.0. The van der Waals surface area contributed by atoms with Gasteiger partial charge in [0.25, 0.3) is 5.91 Å². The predicted molar refractivity (Wildman–Crippen MR) is 115 cm³/mol. The van der Waals surface area contributed by atoms with Crippen molar-refractivity contribution in [3.8, 4) is 0 Å². The number of carbonyl (C=O) groups excluding carboxylic acids is 1. The van der Waals surface area contributed by atoms with Crippen molar-refractivity contribution in [3.63, 3.8) is 0 Å². The molecule has 1 amide bonds. The minimum atomic E-state index is 0. The molecule has 28 heavy (non-hydrogen) atoms. The SMILES string of the molecule is Cc1c(C(=O)N2CCCC2CN2CCCCC2)nnn1C1CCNCC1.Cl.Cl. The van der Waals surface area contributed by atoms with E-state index in [4.69, 9.17) is 0 Å². The molecule has 9 heteroatoms. The molecule has 0 spiro atoms. The van der Waals surface area contributed by atoms with Crippen LogP contribution in [0.4, 0.5) is 0 Å². The first-order chi connectivity index (χ1) is 12.7. The van der Waals surface area contributed by atoms with E-state index in [1.54, 1.807) is 0 Å². The number of hydrogen-bond donors (Lipinski definition) is 1. The molecule has 3 fully saturated rings. The molecule has 0 aromatic carbocycles. The molecule has 0 bridgehead atoms. The highest BCUT2D eigenvalue weighted by Crippen LogP contribution is 2.25. The first-order valence-corrected chi connectivity index (χ1v) is 10.4. The van der Waals surface area contributed by atoms with Gasteiger partial charge in [-0.2, -0.15) is 0 Å². The summed E-state index contributed by atoms with van der Waals surface area (Å²) in [4.78, 5) is 17.8. The molecule has 4 heterocycles. The van der Waals surface area contributed by atoms with Crippen LogP contribution in [0.5, 0.6) is 0 Å². The second-order valence-electron chi connectivity index (χ2n) is 8.11. The Morgan fingerprint density at radius 2 is 1.75 bits per heavy atom. The van der Waals surface area contributed by atoms with Crippen LogP contribution in [0.15, 0.2) is 0 Å². The van der Waals surface area contributed by atoms with Gasteiger partial charge in [-0.25, -0.2) is 4.68 Å². The molecular weight excluding hydrogens is 399 g/mol. The molecule has 3 aliphatic rings. The van der Waals surface area contributed by atoms with Crippen molar-refractivity contribution in [2.45, 2.75) is 64.0 Å². The minimum Gasteiger partial charge on any atom is -0.333 e. The Labute approximate surface area is 180 Å². The Kier molecular flexibility index (Phi) is 8.99. The van der Waals surface area contributed by atoms with Gasteiger partial charge in [0.05, 0.1) is 11.7 Å². The molecular formula is C19H34Cl2N6O. The molecule has 1 aromatic rings. The summed E-state index contributed by atoms with van der Waals surface area (Å²) in [6.07, 6.45) is 8.27. The van der Waals surface area contributed by atoms with Crippen molar-refractivity contribution in [1.29, 1.82) is 0 Å². The first kappa shape index (κ1) is 23.4. The fraction of sp³-hybridized carbons (Fsp3) is 0.842. The lowest BCUT2D eigenvalue weighted by atomic mass is 10.1. The summed E-state index contributed by atoms with van der Waals surface area (Å²) in [7, 11) is 0. The van der Waals surface area contributed by atoms with Crippen molar-refractivity contribution in [3.05, 3.63) is 11.4 Å². The third-order valence-electron chi connectivity index (χ3n) is 6.34. The largest absolute Gasteiger partial charge is 0.333 e. The summed E-state index contributed by atoms with van der Waals surface area (Å²) < 4.78 is 1.99. The van der Waals surface area contributed by atoms with Crippen LogP contribution in [0.3, 0.4) is 0 Å². The van der Waals surface area contributed by atoms with Gasteiger partial charge in [0.1, 0.15) is 0 Å². The number of carbonyl (C=O) groups is 1. The number of rotatable bonds is 4. The van der Waals surface area contributed by atoms with Gasteiger partial charge in [0, 0.05) is 19.1 Å². The molecule has 0 aliphatic carbocycles. The van der Waals surface area contributed by atoms with E-state index in [-0.39, 0.29) is 30.7 Å². The van der Waals surface area contributed by atoms with E-state index in [0.29, 0.717) is 17.8 Å². The Morgan fingerprint density at radius 1 is 1.04 bits per heavy atom. The molecule has 1 atom stereocenters. The second-order valence-corrected chi connectivity index (χ2v) is 8.11. The first-order valence-electron chi connectivity index (χ1n) is 10.4. The smallest absolute Gasteiger partial charge is 0.276 e. The normalized spacial score (nSPS) is 23.9. The monoisotopic (exact) mass is 432 g/mol. The second kappa shape index (κ2) is 10.8. The highest BCUT2D eigenvalue weighted by atomic mass is 35.5. The van der Waals surface area contributed by atoms with Gasteiger partial charge in [-0.3, -0.25) is 4.79 Å². The van der Waals surface area contributed by atoms with E-state index < -0.39 is 0 Å². The van der Waals surface area contributed by atoms with E-state index in [0.717, 1.165) is 57.6 Å². The maximum absolute atomic E-state index is 13.2. The highest BCUT2D eigenvalue weighted by molar-refractivity contribution is 5.93. The zero-order chi connectivity index (χ0) is 17.9. The van der Waals surface area contributed by atoms with E-state index in [9.17, 15) is 4.79 Å². The molecule has 7 nitrogen and oxygen atoms in total. The van der Waals surface area contributed by atoms with Gasteiger partial charge in [-0.1, -0.05) is 11.6 Å². The summed E-state index contributed by atoms with van der Waals surface area (Å²) >= 11 is 0. The van der Waals surface area contributed by atoms with Gasteiger partial charge in [0.15, 0.2) is 5.69 Å². The number of nitrogens with one attached hydrogen (secondary N) is 1. The average Bonchev–Trinajstić information content (AvgIpc) is 3.29. The van der Waals surface area contributed by atoms with Gasteiger partial charge in [-0.15, -0.1) is 29.9 Å². The summed E-state index contributed by atoms with van der Waals surface area (Å²) in [6.45, 7) is 8.27. The lowest BCUT2D eigenvalue weighted by Crippen LogP contribution is -2.45. The average molecular weight is 433 g/mol. The van der Waals surface area contributed by atoms with Gasteiger partial charge in [-0.05, 0) is 71.6 Å². The maximum atomic E-state index is 13.2. The summed E-state index contributed by atoms with van der Waals surface area (Å²) in [5.41, 5.74) is 1.50. The third-order valence-corrected chi connectivity index (χ3v) is 6.34. The maximum Gasteiger partial charge on any atom is 0.276 e. The lowest BCUT2D eigenvalue weighted by Gasteiger charge is -2.32. The zero-order valence-corrected chi connectivity index (χ0v) is 18.4. The van der Waals surface area contributed by atoms with Gasteiger partial charge >= 0.3 is 0 Å². The Morgan fingerprint density at radius 3 is 2.46 bits per heavy atom. The van der Waals surface area contributed by atoms with E-state index in [1.807, 2.05) is 11.6 Å². The zero-order valence-electron chi connectivity index (χ0n) is 16.8. The van der Waals surface area contributed by atoms with Gasteiger partial charge < -0.3 is 15.1 Å². The molecule has 1 N–H and O–H groups in total. The van der Waals surface area contributed by atoms with Crippen LogP contribution in [0.2, 0.25) is 0 Å². The van der Waals surface area contributed by atoms with Crippen LogP contribution in [-0.2, 0) is 0 Å². The Hall–Kier alpha value is -0.890. The molecule has 0 saturated carbocycles. The fourth-order valence-corrected chi connectivity index (χ4v) is 4.81. The number of hydrogen-bond acceptors (Lipinski definition) is 5. The Balaban J connectivity index is 0.00000140. The quantitative estimate of drug-likeness (QED) is 0.790. The summed E-state index contributed by atoms with van der Waals surface area (Å²) in [5.74, 6) is 0.0854. The van der Waals surface area contributed by atoms with Crippen LogP contribution in [-0.4, -0.2) is 76.0 Å². The number of aromatic nitrogens is 3. The van der Waals surface area contributed by atoms with Crippen molar-refractivity contribution in [1.82, 2.24) is 30.1 Å². The molecule has 1 unspecified atom stereocenters. The number of likely N-dealkylation sites (tertiary alicyclic amines) is 2. The van der Waals surface area contributed by atoms with Crippen molar-refractivity contribution in [2.75, 3.05) is 39.3 Å². The van der Waals surface area contributed by atoms with Crippen LogP contribution >= 0.6 is 24.8 Å². The number of nitrogens with zero attached hydrogens (tertiary/aromatic N) is 5. The molecule has 3 aliphatic heterocycles. The molecule has 1 aromatic heterocycles. The van der Waals surface area contributed by atoms with Crippen molar-refractivity contribution in [2.24, 2.45) is 0 Å². The molecule has 160 valence electrons. The topological polar surface area (TPSA) is 66.3 Å². The Bertz CT molecular complexity index is 628. The fourth-order valence-electron chi connectivity index (χ4n) is 4.81.